The molecule has 0 amide bonds. The van der Waals surface area contributed by atoms with Gasteiger partial charge in [0.05, 0.1) is 11.4 Å². The van der Waals surface area contributed by atoms with Crippen molar-refractivity contribution in [2.45, 2.75) is 12.8 Å². The molecular weight excluding hydrogens is 460 g/mol. The van der Waals surface area contributed by atoms with Gasteiger partial charge in [0.25, 0.3) is 0 Å². The number of nitrogens with zero attached hydrogens (tertiary/aromatic N) is 2. The highest BCUT2D eigenvalue weighted by atomic mass is 14.7. The number of pyridine rings is 2. The first-order valence-electron chi connectivity index (χ1n) is 13.0. The molecule has 0 saturated carbocycles. The van der Waals surface area contributed by atoms with Gasteiger partial charge in [-0.1, -0.05) is 109 Å². The van der Waals surface area contributed by atoms with Gasteiger partial charge in [-0.3, -0.25) is 9.97 Å². The van der Waals surface area contributed by atoms with Gasteiger partial charge in [-0.2, -0.15) is 0 Å². The minimum Gasteiger partial charge on any atom is -0.256 e. The average Bonchev–Trinajstić information content (AvgIpc) is 3.01. The van der Waals surface area contributed by atoms with Crippen LogP contribution in [0, 0.1) is 0 Å². The van der Waals surface area contributed by atoms with Crippen LogP contribution >= 0.6 is 0 Å². The topological polar surface area (TPSA) is 25.8 Å². The summed E-state index contributed by atoms with van der Waals surface area (Å²) in [5.74, 6) is 0. The predicted molar refractivity (Wildman–Crippen MR) is 158 cm³/mol. The van der Waals surface area contributed by atoms with E-state index in [1.165, 1.54) is 44.5 Å². The van der Waals surface area contributed by atoms with E-state index in [1.54, 1.807) is 0 Å². The van der Waals surface area contributed by atoms with E-state index < -0.39 is 0 Å². The maximum atomic E-state index is 4.81. The molecule has 2 aromatic heterocycles. The summed E-state index contributed by atoms with van der Waals surface area (Å²) in [6.45, 7) is 0. The van der Waals surface area contributed by atoms with E-state index in [1.807, 2.05) is 24.5 Å². The van der Waals surface area contributed by atoms with Crippen LogP contribution in [0.5, 0.6) is 0 Å². The molecule has 0 spiro atoms. The molecule has 182 valence electrons. The van der Waals surface area contributed by atoms with Crippen LogP contribution in [0.4, 0.5) is 0 Å². The van der Waals surface area contributed by atoms with E-state index in [0.29, 0.717) is 0 Å². The molecule has 2 nitrogen and oxygen atoms in total. The highest BCUT2D eigenvalue weighted by Crippen LogP contribution is 2.32. The molecule has 6 rings (SSSR count). The van der Waals surface area contributed by atoms with Gasteiger partial charge in [0.1, 0.15) is 0 Å². The van der Waals surface area contributed by atoms with Gasteiger partial charge < -0.3 is 0 Å². The van der Waals surface area contributed by atoms with Crippen LogP contribution < -0.4 is 0 Å². The zero-order valence-electron chi connectivity index (χ0n) is 21.2. The van der Waals surface area contributed by atoms with Crippen molar-refractivity contribution in [3.8, 4) is 44.8 Å². The Bertz CT molecular complexity index is 1640. The van der Waals surface area contributed by atoms with Crippen molar-refractivity contribution in [1.82, 2.24) is 9.97 Å². The number of rotatable bonds is 7. The van der Waals surface area contributed by atoms with Crippen LogP contribution in [0.1, 0.15) is 11.1 Å². The second kappa shape index (κ2) is 11.1. The van der Waals surface area contributed by atoms with Gasteiger partial charge in [-0.05, 0) is 70.5 Å². The monoisotopic (exact) mass is 488 g/mol. The Hall–Kier alpha value is -4.82. The van der Waals surface area contributed by atoms with Crippen LogP contribution in [0.3, 0.4) is 0 Å². The summed E-state index contributed by atoms with van der Waals surface area (Å²) < 4.78 is 0. The molecular formula is C36H28N2. The van der Waals surface area contributed by atoms with Crippen molar-refractivity contribution in [1.29, 1.82) is 0 Å². The largest absolute Gasteiger partial charge is 0.256 e. The predicted octanol–water partition coefficient (Wildman–Crippen LogP) is 8.93. The summed E-state index contributed by atoms with van der Waals surface area (Å²) in [6.07, 6.45) is 5.59. The number of aromatic nitrogens is 2. The summed E-state index contributed by atoms with van der Waals surface area (Å²) in [7, 11) is 0. The van der Waals surface area contributed by atoms with Crippen LogP contribution in [0.25, 0.3) is 44.8 Å². The third-order valence-corrected chi connectivity index (χ3v) is 6.98. The van der Waals surface area contributed by atoms with Crippen LogP contribution in [0.2, 0.25) is 0 Å². The molecule has 0 N–H and O–H groups in total. The number of hydrogen-bond donors (Lipinski definition) is 0. The summed E-state index contributed by atoms with van der Waals surface area (Å²) in [5.41, 5.74) is 11.8. The van der Waals surface area contributed by atoms with Crippen molar-refractivity contribution in [3.63, 3.8) is 0 Å². The minimum atomic E-state index is 0.900. The lowest BCUT2D eigenvalue weighted by molar-refractivity contribution is 0.961. The zero-order valence-corrected chi connectivity index (χ0v) is 21.2. The standard InChI is InChI=1S/C36H28N2/c1-3-11-27(12-4-1)30-20-21-34(36-26-31(22-24-38-36)28-13-5-2-6-14-28)32(25-30)19-18-29-15-7-8-16-33(29)35-17-9-10-23-37-35/h1-17,20-26H,18-19H2. The molecule has 0 saturated heterocycles. The minimum absolute atomic E-state index is 0.900. The Morgan fingerprint density at radius 1 is 0.368 bits per heavy atom. The molecule has 38 heavy (non-hydrogen) atoms. The molecule has 2 heteroatoms. The molecule has 0 aliphatic rings. The molecule has 0 radical (unpaired) electrons. The number of aryl methyl sites for hydroxylation is 2. The molecule has 0 fully saturated rings. The highest BCUT2D eigenvalue weighted by molar-refractivity contribution is 5.75. The number of hydrogen-bond acceptors (Lipinski definition) is 2. The van der Waals surface area contributed by atoms with E-state index in [-0.39, 0.29) is 0 Å². The summed E-state index contributed by atoms with van der Waals surface area (Å²) in [6, 6.07) is 46.9. The van der Waals surface area contributed by atoms with Crippen molar-refractivity contribution < 1.29 is 0 Å². The molecule has 0 atom stereocenters. The fourth-order valence-electron chi connectivity index (χ4n) is 5.03. The normalized spacial score (nSPS) is 10.8. The Morgan fingerprint density at radius 2 is 0.974 bits per heavy atom. The van der Waals surface area contributed by atoms with E-state index in [9.17, 15) is 0 Å². The van der Waals surface area contributed by atoms with Crippen molar-refractivity contribution >= 4 is 0 Å². The van der Waals surface area contributed by atoms with Crippen LogP contribution in [-0.4, -0.2) is 9.97 Å². The zero-order chi connectivity index (χ0) is 25.6. The summed E-state index contributed by atoms with van der Waals surface area (Å²) in [4.78, 5) is 9.42. The second-order valence-electron chi connectivity index (χ2n) is 9.41. The quantitative estimate of drug-likeness (QED) is 0.224. The second-order valence-corrected chi connectivity index (χ2v) is 9.41. The fourth-order valence-corrected chi connectivity index (χ4v) is 5.03. The van der Waals surface area contributed by atoms with E-state index >= 15 is 0 Å². The summed E-state index contributed by atoms with van der Waals surface area (Å²) >= 11 is 0. The van der Waals surface area contributed by atoms with Crippen LogP contribution in [0.15, 0.2) is 146 Å². The molecule has 0 unspecified atom stereocenters. The average molecular weight is 489 g/mol. The van der Waals surface area contributed by atoms with Gasteiger partial charge in [0.15, 0.2) is 0 Å². The lowest BCUT2D eigenvalue weighted by Gasteiger charge is -2.15. The third kappa shape index (κ3) is 5.16. The Labute approximate surface area is 224 Å². The molecule has 0 aliphatic heterocycles. The van der Waals surface area contributed by atoms with Crippen molar-refractivity contribution in [3.05, 3.63) is 157 Å². The third-order valence-electron chi connectivity index (χ3n) is 6.98. The molecule has 6 aromatic rings. The lowest BCUT2D eigenvalue weighted by atomic mass is 9.91. The maximum absolute atomic E-state index is 4.81. The fraction of sp³-hybridized carbons (Fsp3) is 0.0556. The van der Waals surface area contributed by atoms with E-state index in [2.05, 4.69) is 126 Å². The molecule has 0 aliphatic carbocycles. The Balaban J connectivity index is 1.39. The van der Waals surface area contributed by atoms with E-state index in [0.717, 1.165) is 24.2 Å². The first-order valence-corrected chi connectivity index (χ1v) is 13.0. The van der Waals surface area contributed by atoms with Crippen LogP contribution in [-0.2, 0) is 12.8 Å². The van der Waals surface area contributed by atoms with Gasteiger partial charge >= 0.3 is 0 Å². The first kappa shape index (κ1) is 23.6. The molecule has 4 aromatic carbocycles. The number of benzene rings is 4. The van der Waals surface area contributed by atoms with Crippen molar-refractivity contribution in [2.24, 2.45) is 0 Å². The molecule has 0 bridgehead atoms. The maximum Gasteiger partial charge on any atom is 0.0710 e. The Morgan fingerprint density at radius 3 is 1.71 bits per heavy atom. The first-order chi connectivity index (χ1) is 18.8. The SMILES string of the molecule is c1ccc(-c2ccnc(-c3ccc(-c4ccccc4)cc3CCc3ccccc3-c3ccccn3)c2)cc1. The van der Waals surface area contributed by atoms with E-state index in [4.69, 9.17) is 4.98 Å². The van der Waals surface area contributed by atoms with Gasteiger partial charge in [-0.25, -0.2) is 0 Å². The van der Waals surface area contributed by atoms with Gasteiger partial charge in [0.2, 0.25) is 0 Å². The molecule has 2 heterocycles. The van der Waals surface area contributed by atoms with Gasteiger partial charge in [-0.15, -0.1) is 0 Å². The highest BCUT2D eigenvalue weighted by Gasteiger charge is 2.12. The summed E-state index contributed by atoms with van der Waals surface area (Å²) in [5, 5.41) is 0. The smallest absolute Gasteiger partial charge is 0.0710 e. The van der Waals surface area contributed by atoms with Gasteiger partial charge in [0, 0.05) is 23.5 Å². The lowest BCUT2D eigenvalue weighted by Crippen LogP contribution is -1.99. The van der Waals surface area contributed by atoms with Crippen molar-refractivity contribution in [2.75, 3.05) is 0 Å². The Kier molecular flexibility index (Phi) is 6.86.